The number of carbonyl (C=O) groups excluding carboxylic acids is 2. The summed E-state index contributed by atoms with van der Waals surface area (Å²) in [5.41, 5.74) is 0.701. The van der Waals surface area contributed by atoms with Crippen molar-refractivity contribution in [3.63, 3.8) is 0 Å². The summed E-state index contributed by atoms with van der Waals surface area (Å²) in [6.45, 7) is 9.50. The summed E-state index contributed by atoms with van der Waals surface area (Å²) < 4.78 is 23.1. The summed E-state index contributed by atoms with van der Waals surface area (Å²) in [6, 6.07) is 3.29. The van der Waals surface area contributed by atoms with Crippen molar-refractivity contribution in [3.05, 3.63) is 28.7 Å². The SMILES string of the molecule is COc1cc(C=O)cc(C=C(CNC(C)=O)B2OC(C)(C)C(C)(C)O2)c1OC. The van der Waals surface area contributed by atoms with Gasteiger partial charge in [-0.25, -0.2) is 0 Å². The molecule has 0 saturated carbocycles. The van der Waals surface area contributed by atoms with Crippen LogP contribution in [0.4, 0.5) is 0 Å². The molecule has 1 N–H and O–H groups in total. The van der Waals surface area contributed by atoms with E-state index in [0.717, 1.165) is 6.29 Å². The van der Waals surface area contributed by atoms with Crippen molar-refractivity contribution in [2.24, 2.45) is 0 Å². The molecule has 1 aromatic rings. The van der Waals surface area contributed by atoms with Gasteiger partial charge >= 0.3 is 7.12 Å². The molecule has 28 heavy (non-hydrogen) atoms. The first kappa shape index (κ1) is 22.0. The molecular formula is C20H28BNO6. The van der Waals surface area contributed by atoms with Crippen LogP contribution >= 0.6 is 0 Å². The Bertz CT molecular complexity index is 771. The number of methoxy groups -OCH3 is 2. The summed E-state index contributed by atoms with van der Waals surface area (Å²) in [6.07, 6.45) is 2.54. The molecule has 1 aliphatic rings. The van der Waals surface area contributed by atoms with Gasteiger partial charge in [0.2, 0.25) is 5.91 Å². The van der Waals surface area contributed by atoms with E-state index in [1.165, 1.54) is 21.1 Å². The van der Waals surface area contributed by atoms with Crippen molar-refractivity contribution >= 4 is 25.4 Å². The lowest BCUT2D eigenvalue weighted by Gasteiger charge is -2.32. The van der Waals surface area contributed by atoms with E-state index in [-0.39, 0.29) is 12.5 Å². The van der Waals surface area contributed by atoms with Crippen LogP contribution in [-0.4, -0.2) is 51.3 Å². The van der Waals surface area contributed by atoms with Crippen LogP contribution in [0.1, 0.15) is 50.5 Å². The maximum absolute atomic E-state index is 11.5. The molecule has 0 atom stereocenters. The Morgan fingerprint density at radius 2 is 1.75 bits per heavy atom. The van der Waals surface area contributed by atoms with E-state index in [2.05, 4.69) is 5.32 Å². The smallest absolute Gasteiger partial charge is 0.492 e. The highest BCUT2D eigenvalue weighted by molar-refractivity contribution is 6.56. The summed E-state index contributed by atoms with van der Waals surface area (Å²) in [4.78, 5) is 22.8. The molecule has 152 valence electrons. The standard InChI is InChI=1S/C20H28BNO6/c1-13(24)22-11-16(21-27-19(2,3)20(4,5)28-21)10-15-8-14(12-23)9-17(25-6)18(15)26-7/h8-10,12H,11H2,1-7H3,(H,22,24). The Hall–Kier alpha value is -2.32. The molecule has 1 heterocycles. The van der Waals surface area contributed by atoms with E-state index in [1.807, 2.05) is 27.7 Å². The van der Waals surface area contributed by atoms with Crippen molar-refractivity contribution < 1.29 is 28.4 Å². The van der Waals surface area contributed by atoms with Gasteiger partial charge in [-0.3, -0.25) is 9.59 Å². The Morgan fingerprint density at radius 1 is 1.14 bits per heavy atom. The number of hydrogen-bond acceptors (Lipinski definition) is 6. The van der Waals surface area contributed by atoms with Gasteiger partial charge in [0, 0.05) is 24.6 Å². The first-order chi connectivity index (χ1) is 13.0. The van der Waals surface area contributed by atoms with Gasteiger partial charge in [0.1, 0.15) is 6.29 Å². The average Bonchev–Trinajstić information content (AvgIpc) is 2.84. The number of ether oxygens (including phenoxy) is 2. The Balaban J connectivity index is 2.54. The normalized spacial score (nSPS) is 18.0. The monoisotopic (exact) mass is 389 g/mol. The average molecular weight is 389 g/mol. The maximum atomic E-state index is 11.5. The van der Waals surface area contributed by atoms with Crippen LogP contribution < -0.4 is 14.8 Å². The zero-order valence-electron chi connectivity index (χ0n) is 17.5. The van der Waals surface area contributed by atoms with Crippen molar-refractivity contribution in [1.82, 2.24) is 5.32 Å². The molecule has 8 heteroatoms. The van der Waals surface area contributed by atoms with Crippen LogP contribution in [0.2, 0.25) is 0 Å². The lowest BCUT2D eigenvalue weighted by atomic mass is 9.76. The third kappa shape index (κ3) is 4.56. The highest BCUT2D eigenvalue weighted by Gasteiger charge is 2.52. The lowest BCUT2D eigenvalue weighted by Crippen LogP contribution is -2.41. The maximum Gasteiger partial charge on any atom is 0.492 e. The molecule has 0 spiro atoms. The van der Waals surface area contributed by atoms with Crippen molar-refractivity contribution in [1.29, 1.82) is 0 Å². The molecule has 0 unspecified atom stereocenters. The second-order valence-electron chi connectivity index (χ2n) is 7.68. The number of nitrogens with one attached hydrogen (secondary N) is 1. The van der Waals surface area contributed by atoms with E-state index in [4.69, 9.17) is 18.8 Å². The first-order valence-corrected chi connectivity index (χ1v) is 9.06. The van der Waals surface area contributed by atoms with Gasteiger partial charge in [-0.15, -0.1) is 0 Å². The highest BCUT2D eigenvalue weighted by Crippen LogP contribution is 2.40. The highest BCUT2D eigenvalue weighted by atomic mass is 16.7. The zero-order valence-corrected chi connectivity index (χ0v) is 17.5. The third-order valence-corrected chi connectivity index (χ3v) is 5.10. The van der Waals surface area contributed by atoms with Crippen LogP contribution in [-0.2, 0) is 14.1 Å². The molecule has 1 aliphatic heterocycles. The van der Waals surface area contributed by atoms with Gasteiger partial charge in [-0.1, -0.05) is 6.08 Å². The molecule has 7 nitrogen and oxygen atoms in total. The number of amides is 1. The number of rotatable bonds is 7. The predicted molar refractivity (Wildman–Crippen MR) is 108 cm³/mol. The Morgan fingerprint density at radius 3 is 2.21 bits per heavy atom. The summed E-state index contributed by atoms with van der Waals surface area (Å²) in [5, 5.41) is 2.78. The Labute approximate surface area is 166 Å². The molecule has 1 saturated heterocycles. The van der Waals surface area contributed by atoms with Gasteiger partial charge in [0.25, 0.3) is 0 Å². The molecule has 0 aromatic heterocycles. The fourth-order valence-corrected chi connectivity index (χ4v) is 2.81. The van der Waals surface area contributed by atoms with Crippen LogP contribution in [0.3, 0.4) is 0 Å². The van der Waals surface area contributed by atoms with E-state index >= 15 is 0 Å². The Kier molecular flexibility index (Phi) is 6.57. The van der Waals surface area contributed by atoms with E-state index < -0.39 is 18.3 Å². The van der Waals surface area contributed by atoms with Crippen LogP contribution in [0.15, 0.2) is 17.6 Å². The predicted octanol–water partition coefficient (Wildman–Crippen LogP) is 2.67. The van der Waals surface area contributed by atoms with Gasteiger partial charge < -0.3 is 24.1 Å². The number of benzene rings is 1. The molecule has 1 amide bonds. The minimum absolute atomic E-state index is 0.173. The second-order valence-corrected chi connectivity index (χ2v) is 7.68. The molecule has 1 fully saturated rings. The molecule has 0 radical (unpaired) electrons. The number of aldehydes is 1. The topological polar surface area (TPSA) is 83.1 Å². The van der Waals surface area contributed by atoms with E-state index in [9.17, 15) is 9.59 Å². The minimum Gasteiger partial charge on any atom is -0.493 e. The minimum atomic E-state index is -0.660. The van der Waals surface area contributed by atoms with Crippen LogP contribution in [0.5, 0.6) is 11.5 Å². The van der Waals surface area contributed by atoms with E-state index in [1.54, 1.807) is 18.2 Å². The van der Waals surface area contributed by atoms with Crippen molar-refractivity contribution in [3.8, 4) is 11.5 Å². The summed E-state index contributed by atoms with van der Waals surface area (Å²) in [5.74, 6) is 0.740. The van der Waals surface area contributed by atoms with Gasteiger partial charge in [-0.05, 0) is 45.3 Å². The molecule has 1 aromatic carbocycles. The molecule has 0 bridgehead atoms. The quantitative estimate of drug-likeness (QED) is 0.570. The third-order valence-electron chi connectivity index (χ3n) is 5.10. The van der Waals surface area contributed by atoms with Gasteiger partial charge in [0.15, 0.2) is 11.5 Å². The van der Waals surface area contributed by atoms with Crippen molar-refractivity contribution in [2.75, 3.05) is 20.8 Å². The number of carbonyl (C=O) groups is 2. The van der Waals surface area contributed by atoms with Gasteiger partial charge in [-0.2, -0.15) is 0 Å². The number of hydrogen-bond donors (Lipinski definition) is 1. The fourth-order valence-electron chi connectivity index (χ4n) is 2.81. The summed E-state index contributed by atoms with van der Waals surface area (Å²) in [7, 11) is 2.37. The largest absolute Gasteiger partial charge is 0.493 e. The van der Waals surface area contributed by atoms with Crippen LogP contribution in [0, 0.1) is 0 Å². The fraction of sp³-hybridized carbons (Fsp3) is 0.500. The molecule has 2 rings (SSSR count). The lowest BCUT2D eigenvalue weighted by molar-refractivity contribution is -0.118. The molecular weight excluding hydrogens is 361 g/mol. The van der Waals surface area contributed by atoms with Crippen LogP contribution in [0.25, 0.3) is 6.08 Å². The van der Waals surface area contributed by atoms with Crippen molar-refractivity contribution in [2.45, 2.75) is 45.8 Å². The first-order valence-electron chi connectivity index (χ1n) is 9.06. The zero-order chi connectivity index (χ0) is 21.1. The molecule has 0 aliphatic carbocycles. The van der Waals surface area contributed by atoms with Gasteiger partial charge in [0.05, 0.1) is 25.4 Å². The van der Waals surface area contributed by atoms with E-state index in [0.29, 0.717) is 28.1 Å². The summed E-state index contributed by atoms with van der Waals surface area (Å²) >= 11 is 0. The second kappa shape index (κ2) is 8.37.